The first-order valence-corrected chi connectivity index (χ1v) is 8.49. The Hall–Kier alpha value is -2.67. The van der Waals surface area contributed by atoms with E-state index in [1.807, 2.05) is 56.3 Å². The molecule has 1 heterocycles. The van der Waals surface area contributed by atoms with E-state index in [-0.39, 0.29) is 12.5 Å². The second kappa shape index (κ2) is 7.48. The molecule has 0 saturated heterocycles. The van der Waals surface area contributed by atoms with E-state index in [2.05, 4.69) is 36.7 Å². The van der Waals surface area contributed by atoms with Gasteiger partial charge in [-0.05, 0) is 52.7 Å². The van der Waals surface area contributed by atoms with Crippen LogP contribution in [-0.2, 0) is 4.79 Å². The van der Waals surface area contributed by atoms with Crippen LogP contribution >= 0.6 is 15.9 Å². The standard InChI is InChI=1S/C18H17BrN4O2/c1-11-9-12(2)21-18(20-11)23-22-16(24)10-25-15-8-7-13-5-3-4-6-14(13)17(15)19/h3-9H,10H2,1-2H3,(H,22,24)(H,20,21,23). The molecule has 128 valence electrons. The van der Waals surface area contributed by atoms with Crippen molar-refractivity contribution in [2.24, 2.45) is 0 Å². The van der Waals surface area contributed by atoms with Gasteiger partial charge >= 0.3 is 0 Å². The second-order valence-electron chi connectivity index (χ2n) is 5.53. The average Bonchev–Trinajstić information content (AvgIpc) is 2.59. The summed E-state index contributed by atoms with van der Waals surface area (Å²) < 4.78 is 6.43. The lowest BCUT2D eigenvalue weighted by atomic mass is 10.1. The van der Waals surface area contributed by atoms with Crippen molar-refractivity contribution in [2.45, 2.75) is 13.8 Å². The maximum Gasteiger partial charge on any atom is 0.276 e. The molecule has 2 N–H and O–H groups in total. The van der Waals surface area contributed by atoms with Gasteiger partial charge in [0.25, 0.3) is 5.91 Å². The molecule has 0 fully saturated rings. The van der Waals surface area contributed by atoms with Crippen molar-refractivity contribution in [3.05, 3.63) is 58.3 Å². The minimum Gasteiger partial charge on any atom is -0.483 e. The SMILES string of the molecule is Cc1cc(C)nc(NNC(=O)COc2ccc3ccccc3c2Br)n1. The van der Waals surface area contributed by atoms with Crippen LogP contribution in [0.5, 0.6) is 5.75 Å². The van der Waals surface area contributed by atoms with E-state index < -0.39 is 0 Å². The zero-order chi connectivity index (χ0) is 17.8. The van der Waals surface area contributed by atoms with E-state index in [9.17, 15) is 4.79 Å². The van der Waals surface area contributed by atoms with Crippen LogP contribution in [0.25, 0.3) is 10.8 Å². The van der Waals surface area contributed by atoms with Crippen molar-refractivity contribution in [3.63, 3.8) is 0 Å². The molecule has 0 atom stereocenters. The number of anilines is 1. The van der Waals surface area contributed by atoms with Crippen molar-refractivity contribution < 1.29 is 9.53 Å². The molecule has 3 rings (SSSR count). The monoisotopic (exact) mass is 400 g/mol. The quantitative estimate of drug-likeness (QED) is 0.640. The fraction of sp³-hybridized carbons (Fsp3) is 0.167. The van der Waals surface area contributed by atoms with Crippen molar-refractivity contribution in [3.8, 4) is 5.75 Å². The molecule has 0 aliphatic carbocycles. The highest BCUT2D eigenvalue weighted by Gasteiger charge is 2.09. The summed E-state index contributed by atoms with van der Waals surface area (Å²) in [5, 5.41) is 2.13. The molecule has 0 unspecified atom stereocenters. The number of nitrogens with zero attached hydrogens (tertiary/aromatic N) is 2. The number of rotatable bonds is 5. The molecule has 0 aliphatic rings. The number of aromatic nitrogens is 2. The Balaban J connectivity index is 1.60. The predicted octanol–water partition coefficient (Wildman–Crippen LogP) is 3.53. The number of fused-ring (bicyclic) bond motifs is 1. The van der Waals surface area contributed by atoms with Crippen LogP contribution in [0.15, 0.2) is 46.9 Å². The number of nitrogens with one attached hydrogen (secondary N) is 2. The third kappa shape index (κ3) is 4.24. The number of benzene rings is 2. The van der Waals surface area contributed by atoms with Gasteiger partial charge in [0.2, 0.25) is 5.95 Å². The minimum atomic E-state index is -0.331. The van der Waals surface area contributed by atoms with Crippen LogP contribution in [-0.4, -0.2) is 22.5 Å². The zero-order valence-electron chi connectivity index (χ0n) is 13.8. The second-order valence-corrected chi connectivity index (χ2v) is 6.33. The minimum absolute atomic E-state index is 0.130. The maximum absolute atomic E-state index is 12.0. The van der Waals surface area contributed by atoms with Crippen LogP contribution in [0.4, 0.5) is 5.95 Å². The van der Waals surface area contributed by atoms with Crippen LogP contribution in [0, 0.1) is 13.8 Å². The number of aryl methyl sites for hydroxylation is 2. The Labute approximate surface area is 153 Å². The molecule has 6 nitrogen and oxygen atoms in total. The summed E-state index contributed by atoms with van der Waals surface area (Å²) in [5.74, 6) is 0.622. The van der Waals surface area contributed by atoms with Crippen molar-refractivity contribution >= 4 is 38.6 Å². The van der Waals surface area contributed by atoms with E-state index in [1.54, 1.807) is 0 Å². The van der Waals surface area contributed by atoms with Gasteiger partial charge in [0.1, 0.15) is 5.75 Å². The fourth-order valence-electron chi connectivity index (χ4n) is 2.41. The lowest BCUT2D eigenvalue weighted by Gasteiger charge is -2.11. The fourth-order valence-corrected chi connectivity index (χ4v) is 3.02. The van der Waals surface area contributed by atoms with Gasteiger partial charge in [0, 0.05) is 11.4 Å². The topological polar surface area (TPSA) is 76.1 Å². The third-order valence-corrected chi connectivity index (χ3v) is 4.30. The first-order valence-electron chi connectivity index (χ1n) is 7.70. The molecule has 2 aromatic carbocycles. The number of hydrogen-bond donors (Lipinski definition) is 2. The summed E-state index contributed by atoms with van der Waals surface area (Å²) in [6, 6.07) is 13.6. The summed E-state index contributed by atoms with van der Waals surface area (Å²) in [5.41, 5.74) is 6.86. The highest BCUT2D eigenvalue weighted by Crippen LogP contribution is 2.32. The number of amides is 1. The lowest BCUT2D eigenvalue weighted by Crippen LogP contribution is -2.34. The highest BCUT2D eigenvalue weighted by atomic mass is 79.9. The van der Waals surface area contributed by atoms with Gasteiger partial charge in [-0.15, -0.1) is 0 Å². The molecular formula is C18H17BrN4O2. The number of hydrogen-bond acceptors (Lipinski definition) is 5. The number of ether oxygens (including phenoxy) is 1. The molecule has 0 radical (unpaired) electrons. The van der Waals surface area contributed by atoms with Crippen LogP contribution in [0.3, 0.4) is 0 Å². The van der Waals surface area contributed by atoms with Crippen LogP contribution in [0.1, 0.15) is 11.4 Å². The molecule has 0 aliphatic heterocycles. The van der Waals surface area contributed by atoms with Crippen LogP contribution < -0.4 is 15.6 Å². The normalized spacial score (nSPS) is 10.5. The van der Waals surface area contributed by atoms with Gasteiger partial charge < -0.3 is 4.74 Å². The van der Waals surface area contributed by atoms with Crippen molar-refractivity contribution in [1.29, 1.82) is 0 Å². The number of hydrazine groups is 1. The van der Waals surface area contributed by atoms with Crippen LogP contribution in [0.2, 0.25) is 0 Å². The summed E-state index contributed by atoms with van der Waals surface area (Å²) in [6.45, 7) is 3.60. The Morgan fingerprint density at radius 3 is 2.60 bits per heavy atom. The first kappa shape index (κ1) is 17.2. The third-order valence-electron chi connectivity index (χ3n) is 3.48. The molecule has 0 saturated carbocycles. The Kier molecular flexibility index (Phi) is 5.14. The van der Waals surface area contributed by atoms with E-state index in [1.165, 1.54) is 0 Å². The summed E-state index contributed by atoms with van der Waals surface area (Å²) >= 11 is 3.53. The van der Waals surface area contributed by atoms with E-state index >= 15 is 0 Å². The Morgan fingerprint density at radius 1 is 1.12 bits per heavy atom. The molecule has 0 bridgehead atoms. The Bertz CT molecular complexity index is 910. The molecule has 1 aromatic heterocycles. The summed E-state index contributed by atoms with van der Waals surface area (Å²) in [4.78, 5) is 20.3. The van der Waals surface area contributed by atoms with Gasteiger partial charge in [-0.2, -0.15) is 0 Å². The molecule has 1 amide bonds. The van der Waals surface area contributed by atoms with E-state index in [4.69, 9.17) is 4.74 Å². The zero-order valence-corrected chi connectivity index (χ0v) is 15.4. The Morgan fingerprint density at radius 2 is 1.84 bits per heavy atom. The smallest absolute Gasteiger partial charge is 0.276 e. The predicted molar refractivity (Wildman–Crippen MR) is 100 cm³/mol. The molecule has 0 spiro atoms. The van der Waals surface area contributed by atoms with Crippen molar-refractivity contribution in [2.75, 3.05) is 12.0 Å². The van der Waals surface area contributed by atoms with E-state index in [0.717, 1.165) is 26.6 Å². The molecule has 7 heteroatoms. The summed E-state index contributed by atoms with van der Waals surface area (Å²) in [7, 11) is 0. The lowest BCUT2D eigenvalue weighted by molar-refractivity contribution is -0.122. The van der Waals surface area contributed by atoms with Crippen molar-refractivity contribution in [1.82, 2.24) is 15.4 Å². The highest BCUT2D eigenvalue weighted by molar-refractivity contribution is 9.10. The van der Waals surface area contributed by atoms with Gasteiger partial charge in [-0.1, -0.05) is 30.3 Å². The number of carbonyl (C=O) groups is 1. The van der Waals surface area contributed by atoms with Gasteiger partial charge in [-0.25, -0.2) is 9.97 Å². The molecule has 3 aromatic rings. The van der Waals surface area contributed by atoms with Gasteiger partial charge in [-0.3, -0.25) is 15.6 Å². The number of carbonyl (C=O) groups excluding carboxylic acids is 1. The van der Waals surface area contributed by atoms with Gasteiger partial charge in [0.05, 0.1) is 4.47 Å². The van der Waals surface area contributed by atoms with E-state index in [0.29, 0.717) is 11.7 Å². The largest absolute Gasteiger partial charge is 0.483 e. The summed E-state index contributed by atoms with van der Waals surface area (Å²) in [6.07, 6.45) is 0. The molecular weight excluding hydrogens is 384 g/mol. The van der Waals surface area contributed by atoms with Gasteiger partial charge in [0.15, 0.2) is 6.61 Å². The molecule has 25 heavy (non-hydrogen) atoms. The maximum atomic E-state index is 12.0. The number of halogens is 1. The average molecular weight is 401 g/mol. The first-order chi connectivity index (χ1) is 12.0.